The molecule has 2 aliphatic rings. The first-order valence-corrected chi connectivity index (χ1v) is 24.4. The normalized spacial score (nSPS) is 24.6. The maximum absolute atomic E-state index is 14.4. The van der Waals surface area contributed by atoms with Crippen molar-refractivity contribution in [3.05, 3.63) is 49.6 Å². The van der Waals surface area contributed by atoms with E-state index in [9.17, 15) is 9.59 Å². The molecule has 0 amide bonds. The summed E-state index contributed by atoms with van der Waals surface area (Å²) in [6, 6.07) is 0. The van der Waals surface area contributed by atoms with Gasteiger partial charge in [-0.05, 0) is 88.5 Å². The van der Waals surface area contributed by atoms with Crippen molar-refractivity contribution in [2.24, 2.45) is 17.3 Å². The standard InChI is InChI=1S/C51H88O12/c1-15-31-54-46(29-27-41(43(52)25-11)48(56-33-17-3,57-34-18-4)50(46,60-37-21-7)61-38-22-8)45(13,14)47(55-32-16-2)30-28-42(44(53)26-12)49(58-35-19-5,59-36-20-6)51(47,62-39-23-9)63-40-24-10/h25-30,41-42H,11-12,15-24,31-40H2,1-10,13-14H3. The first-order chi connectivity index (χ1) is 30.3. The van der Waals surface area contributed by atoms with Gasteiger partial charge in [0.25, 0.3) is 11.6 Å². The SMILES string of the molecule is C=CC(=O)C1C=CC(OCCC)(C(C)(C)C2(OCCC)C=CC(C(=O)C=C)C(OCCC)(OCCC)C2(OCCC)OCCC)C(OCCC)(OCCC)C1(OCCC)OCCC. The highest BCUT2D eigenvalue weighted by Gasteiger charge is 2.85. The van der Waals surface area contributed by atoms with Crippen LogP contribution >= 0.6 is 0 Å². The van der Waals surface area contributed by atoms with Crippen molar-refractivity contribution in [1.82, 2.24) is 0 Å². The van der Waals surface area contributed by atoms with Gasteiger partial charge in [-0.1, -0.05) is 108 Å². The third-order valence-electron chi connectivity index (χ3n) is 11.8. The minimum Gasteiger partial charge on any atom is -0.364 e. The number of allylic oxidation sites excluding steroid dienone is 2. The Morgan fingerprint density at radius 3 is 0.873 bits per heavy atom. The predicted molar refractivity (Wildman–Crippen MR) is 248 cm³/mol. The van der Waals surface area contributed by atoms with Crippen molar-refractivity contribution < 1.29 is 57.0 Å². The number of ketones is 2. The van der Waals surface area contributed by atoms with Gasteiger partial charge in [0.05, 0.1) is 64.7 Å². The molecule has 364 valence electrons. The van der Waals surface area contributed by atoms with Crippen LogP contribution in [0.15, 0.2) is 49.6 Å². The molecule has 0 saturated heterocycles. The van der Waals surface area contributed by atoms with Gasteiger partial charge in [-0.15, -0.1) is 0 Å². The average molecular weight is 893 g/mol. The van der Waals surface area contributed by atoms with Crippen molar-refractivity contribution in [3.63, 3.8) is 0 Å². The molecule has 2 aliphatic carbocycles. The molecule has 0 aromatic heterocycles. The first-order valence-electron chi connectivity index (χ1n) is 24.4. The third-order valence-corrected chi connectivity index (χ3v) is 11.8. The van der Waals surface area contributed by atoms with E-state index in [4.69, 9.17) is 47.4 Å². The zero-order chi connectivity index (χ0) is 47.3. The first kappa shape index (κ1) is 57.0. The second-order valence-corrected chi connectivity index (χ2v) is 17.0. The number of carbonyl (C=O) groups is 2. The molecule has 12 heteroatoms. The summed E-state index contributed by atoms with van der Waals surface area (Å²) in [5.41, 5.74) is -5.02. The van der Waals surface area contributed by atoms with E-state index in [0.717, 1.165) is 0 Å². The third kappa shape index (κ3) is 10.6. The lowest BCUT2D eigenvalue weighted by molar-refractivity contribution is -0.502. The summed E-state index contributed by atoms with van der Waals surface area (Å²) in [5, 5.41) is 0. The Kier molecular flexibility index (Phi) is 24.3. The monoisotopic (exact) mass is 893 g/mol. The van der Waals surface area contributed by atoms with Gasteiger partial charge in [0, 0.05) is 18.6 Å². The van der Waals surface area contributed by atoms with Gasteiger partial charge in [0.1, 0.15) is 0 Å². The van der Waals surface area contributed by atoms with Crippen LogP contribution < -0.4 is 0 Å². The van der Waals surface area contributed by atoms with Gasteiger partial charge in [-0.2, -0.15) is 0 Å². The molecule has 0 aromatic rings. The summed E-state index contributed by atoms with van der Waals surface area (Å²) in [4.78, 5) is 28.9. The van der Waals surface area contributed by atoms with Crippen LogP contribution in [0.2, 0.25) is 0 Å². The van der Waals surface area contributed by atoms with Crippen molar-refractivity contribution in [1.29, 1.82) is 0 Å². The summed E-state index contributed by atoms with van der Waals surface area (Å²) in [7, 11) is 0. The molecule has 0 bridgehead atoms. The Hall–Kier alpha value is -2.10. The fraction of sp³-hybridized carbons (Fsp3) is 0.804. The Labute approximate surface area is 382 Å². The fourth-order valence-corrected chi connectivity index (χ4v) is 9.11. The zero-order valence-corrected chi connectivity index (χ0v) is 41.6. The molecular formula is C51H88O12. The number of hydrogen-bond donors (Lipinski definition) is 0. The van der Waals surface area contributed by atoms with Crippen molar-refractivity contribution in [3.8, 4) is 0 Å². The van der Waals surface area contributed by atoms with Crippen molar-refractivity contribution in [2.45, 2.75) is 182 Å². The molecule has 0 saturated carbocycles. The Morgan fingerprint density at radius 1 is 0.429 bits per heavy atom. The van der Waals surface area contributed by atoms with Crippen LogP contribution in [-0.2, 0) is 57.0 Å². The lowest BCUT2D eigenvalue weighted by atomic mass is 9.51. The van der Waals surface area contributed by atoms with E-state index >= 15 is 0 Å². The molecule has 12 nitrogen and oxygen atoms in total. The van der Waals surface area contributed by atoms with Gasteiger partial charge >= 0.3 is 0 Å². The molecule has 0 fully saturated rings. The Morgan fingerprint density at radius 2 is 0.651 bits per heavy atom. The summed E-state index contributed by atoms with van der Waals surface area (Å²) in [6.45, 7) is 33.9. The number of carbonyl (C=O) groups excluding carboxylic acids is 2. The van der Waals surface area contributed by atoms with Crippen LogP contribution in [0, 0.1) is 17.3 Å². The van der Waals surface area contributed by atoms with Crippen molar-refractivity contribution in [2.75, 3.05) is 66.1 Å². The molecule has 0 aliphatic heterocycles. The van der Waals surface area contributed by atoms with E-state index < -0.39 is 51.6 Å². The number of rotatable bonds is 36. The van der Waals surface area contributed by atoms with Crippen LogP contribution in [-0.4, -0.2) is 112 Å². The molecule has 0 heterocycles. The van der Waals surface area contributed by atoms with Gasteiger partial charge < -0.3 is 47.4 Å². The van der Waals surface area contributed by atoms with Gasteiger partial charge in [0.15, 0.2) is 22.8 Å². The van der Waals surface area contributed by atoms with Gasteiger partial charge in [-0.3, -0.25) is 9.59 Å². The Bertz CT molecular complexity index is 1300. The van der Waals surface area contributed by atoms with Crippen LogP contribution in [0.4, 0.5) is 0 Å². The second-order valence-electron chi connectivity index (χ2n) is 17.0. The summed E-state index contributed by atoms with van der Waals surface area (Å²) in [5.74, 6) is -10.8. The molecule has 4 atom stereocenters. The second kappa shape index (κ2) is 26.9. The molecule has 0 N–H and O–H groups in total. The van der Waals surface area contributed by atoms with E-state index in [1.807, 2.05) is 95.2 Å². The minimum absolute atomic E-state index is 0.175. The molecule has 0 spiro atoms. The maximum Gasteiger partial charge on any atom is 0.259 e. The molecule has 2 rings (SSSR count). The van der Waals surface area contributed by atoms with Crippen LogP contribution in [0.1, 0.15) is 147 Å². The predicted octanol–water partition coefficient (Wildman–Crippen LogP) is 10.4. The van der Waals surface area contributed by atoms with Crippen molar-refractivity contribution >= 4 is 11.6 Å². The quantitative estimate of drug-likeness (QED) is 0.0338. The summed E-state index contributed by atoms with van der Waals surface area (Å²) >= 11 is 0. The van der Waals surface area contributed by atoms with E-state index in [0.29, 0.717) is 64.2 Å². The molecule has 0 aromatic carbocycles. The lowest BCUT2D eigenvalue weighted by Crippen LogP contribution is -2.87. The maximum atomic E-state index is 14.4. The van der Waals surface area contributed by atoms with E-state index in [2.05, 4.69) is 13.2 Å². The highest BCUT2D eigenvalue weighted by atomic mass is 16.8. The van der Waals surface area contributed by atoms with Crippen LogP contribution in [0.25, 0.3) is 0 Å². The Balaban J connectivity index is 3.73. The van der Waals surface area contributed by atoms with E-state index in [1.54, 1.807) is 12.2 Å². The van der Waals surface area contributed by atoms with E-state index in [1.165, 1.54) is 12.2 Å². The minimum atomic E-state index is -2.03. The smallest absolute Gasteiger partial charge is 0.259 e. The number of ether oxygens (including phenoxy) is 10. The highest BCUT2D eigenvalue weighted by Crippen LogP contribution is 2.67. The molecule has 63 heavy (non-hydrogen) atoms. The lowest BCUT2D eigenvalue weighted by Gasteiger charge is -2.70. The largest absolute Gasteiger partial charge is 0.364 e. The molecule has 0 radical (unpaired) electrons. The summed E-state index contributed by atoms with van der Waals surface area (Å²) < 4.78 is 72.9. The zero-order valence-electron chi connectivity index (χ0n) is 41.6. The average Bonchev–Trinajstić information content (AvgIpc) is 3.29. The fourth-order valence-electron chi connectivity index (χ4n) is 9.11. The topological polar surface area (TPSA) is 126 Å². The van der Waals surface area contributed by atoms with Gasteiger partial charge in [0.2, 0.25) is 11.6 Å². The van der Waals surface area contributed by atoms with Crippen LogP contribution in [0.3, 0.4) is 0 Å². The summed E-state index contributed by atoms with van der Waals surface area (Å²) in [6.07, 6.45) is 15.8. The van der Waals surface area contributed by atoms with E-state index in [-0.39, 0.29) is 77.6 Å². The number of hydrogen-bond acceptors (Lipinski definition) is 12. The molecular weight excluding hydrogens is 805 g/mol. The van der Waals surface area contributed by atoms with Crippen LogP contribution in [0.5, 0.6) is 0 Å². The highest BCUT2D eigenvalue weighted by molar-refractivity contribution is 5.94. The molecule has 4 unspecified atom stereocenters. The van der Waals surface area contributed by atoms with Gasteiger partial charge in [-0.25, -0.2) is 0 Å².